The van der Waals surface area contributed by atoms with E-state index in [-0.39, 0.29) is 11.8 Å². The maximum atomic E-state index is 12.6. The summed E-state index contributed by atoms with van der Waals surface area (Å²) >= 11 is 0. The summed E-state index contributed by atoms with van der Waals surface area (Å²) in [5, 5.41) is 2.60. The van der Waals surface area contributed by atoms with Crippen LogP contribution in [0.15, 0.2) is 42.5 Å². The fraction of sp³-hybridized carbons (Fsp3) is 0.364. The number of amides is 2. The molecule has 0 saturated carbocycles. The van der Waals surface area contributed by atoms with Crippen LogP contribution in [0, 0.1) is 0 Å². The third kappa shape index (κ3) is 5.48. The molecular weight excluding hydrogens is 370 g/mol. The summed E-state index contributed by atoms with van der Waals surface area (Å²) in [6.07, 6.45) is 0. The van der Waals surface area contributed by atoms with Crippen LogP contribution in [0.25, 0.3) is 0 Å². The number of benzene rings is 2. The Labute approximate surface area is 171 Å². The van der Waals surface area contributed by atoms with Crippen molar-refractivity contribution in [2.75, 3.05) is 40.9 Å². The van der Waals surface area contributed by atoms with Crippen molar-refractivity contribution in [2.45, 2.75) is 13.1 Å². The van der Waals surface area contributed by atoms with Crippen molar-refractivity contribution in [1.29, 1.82) is 0 Å². The number of carbonyl (C=O) groups excluding carboxylic acids is 2. The molecule has 2 aromatic rings. The Morgan fingerprint density at radius 2 is 1.59 bits per heavy atom. The standard InChI is InChI=1S/C22H27N3O4/c1-23-22(27)18-7-4-16(5-8-18)13-24(2)15-21(26)25(3)14-17-6-9-19-20(12-17)29-11-10-28-19/h4-9,12H,10-11,13-15H2,1-3H3,(H,23,27). The maximum Gasteiger partial charge on any atom is 0.251 e. The van der Waals surface area contributed by atoms with Crippen LogP contribution >= 0.6 is 0 Å². The number of rotatable bonds is 7. The number of carbonyl (C=O) groups is 2. The van der Waals surface area contributed by atoms with E-state index in [0.717, 1.165) is 22.6 Å². The van der Waals surface area contributed by atoms with Gasteiger partial charge in [0.2, 0.25) is 5.91 Å². The SMILES string of the molecule is CNC(=O)c1ccc(CN(C)CC(=O)N(C)Cc2ccc3c(c2)OCCO3)cc1. The van der Waals surface area contributed by atoms with Crippen LogP contribution in [-0.4, -0.2) is 62.5 Å². The third-order valence-corrected chi connectivity index (χ3v) is 4.75. The van der Waals surface area contributed by atoms with E-state index in [4.69, 9.17) is 9.47 Å². The summed E-state index contributed by atoms with van der Waals surface area (Å²) < 4.78 is 11.1. The Hall–Kier alpha value is -3.06. The monoisotopic (exact) mass is 397 g/mol. The Morgan fingerprint density at radius 1 is 0.931 bits per heavy atom. The lowest BCUT2D eigenvalue weighted by Gasteiger charge is -2.23. The van der Waals surface area contributed by atoms with Crippen LogP contribution in [0.1, 0.15) is 21.5 Å². The van der Waals surface area contributed by atoms with Gasteiger partial charge in [0.1, 0.15) is 13.2 Å². The van der Waals surface area contributed by atoms with Gasteiger partial charge in [-0.3, -0.25) is 14.5 Å². The van der Waals surface area contributed by atoms with Gasteiger partial charge in [-0.15, -0.1) is 0 Å². The Bertz CT molecular complexity index is 867. The van der Waals surface area contributed by atoms with E-state index in [1.165, 1.54) is 0 Å². The fourth-order valence-corrected chi connectivity index (χ4v) is 3.17. The molecule has 1 aliphatic heterocycles. The van der Waals surface area contributed by atoms with Crippen LogP contribution in [0.3, 0.4) is 0 Å². The minimum atomic E-state index is -0.110. The molecule has 1 heterocycles. The van der Waals surface area contributed by atoms with Crippen LogP contribution in [-0.2, 0) is 17.9 Å². The predicted octanol–water partition coefficient (Wildman–Crippen LogP) is 1.91. The van der Waals surface area contributed by atoms with Gasteiger partial charge in [0.05, 0.1) is 6.54 Å². The fourth-order valence-electron chi connectivity index (χ4n) is 3.17. The van der Waals surface area contributed by atoms with Gasteiger partial charge in [-0.05, 0) is 42.4 Å². The van der Waals surface area contributed by atoms with Gasteiger partial charge in [0.15, 0.2) is 11.5 Å². The number of hydrogen-bond acceptors (Lipinski definition) is 5. The minimum Gasteiger partial charge on any atom is -0.486 e. The molecule has 0 spiro atoms. The molecule has 0 bridgehead atoms. The second kappa shape index (κ2) is 9.43. The molecule has 0 saturated heterocycles. The summed E-state index contributed by atoms with van der Waals surface area (Å²) in [5.41, 5.74) is 2.66. The number of likely N-dealkylation sites (N-methyl/N-ethyl adjacent to an activating group) is 2. The Balaban J connectivity index is 1.51. The maximum absolute atomic E-state index is 12.6. The molecule has 3 rings (SSSR count). The lowest BCUT2D eigenvalue weighted by atomic mass is 10.1. The first kappa shape index (κ1) is 20.7. The van der Waals surface area contributed by atoms with E-state index >= 15 is 0 Å². The quantitative estimate of drug-likeness (QED) is 0.773. The van der Waals surface area contributed by atoms with Crippen LogP contribution < -0.4 is 14.8 Å². The number of nitrogens with zero attached hydrogens (tertiary/aromatic N) is 2. The molecule has 0 radical (unpaired) electrons. The van der Waals surface area contributed by atoms with Gasteiger partial charge >= 0.3 is 0 Å². The molecule has 0 aromatic heterocycles. The van der Waals surface area contributed by atoms with E-state index in [2.05, 4.69) is 5.32 Å². The highest BCUT2D eigenvalue weighted by Gasteiger charge is 2.16. The van der Waals surface area contributed by atoms with Crippen molar-refractivity contribution in [3.05, 3.63) is 59.2 Å². The number of fused-ring (bicyclic) bond motifs is 1. The lowest BCUT2D eigenvalue weighted by molar-refractivity contribution is -0.131. The molecule has 0 atom stereocenters. The molecule has 7 nitrogen and oxygen atoms in total. The lowest BCUT2D eigenvalue weighted by Crippen LogP contribution is -2.36. The molecule has 1 aliphatic rings. The summed E-state index contributed by atoms with van der Waals surface area (Å²) in [4.78, 5) is 27.9. The van der Waals surface area contributed by atoms with Crippen LogP contribution in [0.4, 0.5) is 0 Å². The Kier molecular flexibility index (Phi) is 6.72. The molecule has 2 aromatic carbocycles. The smallest absolute Gasteiger partial charge is 0.251 e. The van der Waals surface area contributed by atoms with Crippen LogP contribution in [0.5, 0.6) is 11.5 Å². The molecule has 1 N–H and O–H groups in total. The van der Waals surface area contributed by atoms with Crippen molar-refractivity contribution in [3.8, 4) is 11.5 Å². The number of nitrogens with one attached hydrogen (secondary N) is 1. The van der Waals surface area contributed by atoms with Gasteiger partial charge in [-0.2, -0.15) is 0 Å². The molecular formula is C22H27N3O4. The minimum absolute atomic E-state index is 0.0318. The highest BCUT2D eigenvalue weighted by atomic mass is 16.6. The largest absolute Gasteiger partial charge is 0.486 e. The molecule has 7 heteroatoms. The molecule has 0 aliphatic carbocycles. The van der Waals surface area contributed by atoms with E-state index in [1.54, 1.807) is 31.1 Å². The van der Waals surface area contributed by atoms with E-state index in [9.17, 15) is 9.59 Å². The molecule has 0 fully saturated rings. The normalized spacial score (nSPS) is 12.6. The number of ether oxygens (including phenoxy) is 2. The molecule has 2 amide bonds. The zero-order valence-corrected chi connectivity index (χ0v) is 17.1. The predicted molar refractivity (Wildman–Crippen MR) is 110 cm³/mol. The summed E-state index contributed by atoms with van der Waals surface area (Å²) in [7, 11) is 5.31. The highest BCUT2D eigenvalue weighted by molar-refractivity contribution is 5.93. The van der Waals surface area contributed by atoms with Crippen molar-refractivity contribution in [2.24, 2.45) is 0 Å². The first-order chi connectivity index (χ1) is 14.0. The summed E-state index contributed by atoms with van der Waals surface area (Å²) in [6.45, 7) is 2.53. The van der Waals surface area contributed by atoms with E-state index in [0.29, 0.717) is 38.4 Å². The van der Waals surface area contributed by atoms with E-state index < -0.39 is 0 Å². The summed E-state index contributed by atoms with van der Waals surface area (Å²) in [6, 6.07) is 13.2. The Morgan fingerprint density at radius 3 is 2.28 bits per heavy atom. The highest BCUT2D eigenvalue weighted by Crippen LogP contribution is 2.31. The molecule has 29 heavy (non-hydrogen) atoms. The third-order valence-electron chi connectivity index (χ3n) is 4.75. The summed E-state index contributed by atoms with van der Waals surface area (Å²) in [5.74, 6) is 1.40. The number of hydrogen-bond donors (Lipinski definition) is 1. The van der Waals surface area contributed by atoms with Gasteiger partial charge in [-0.1, -0.05) is 18.2 Å². The van der Waals surface area contributed by atoms with Gasteiger partial charge < -0.3 is 19.7 Å². The zero-order valence-electron chi connectivity index (χ0n) is 17.1. The first-order valence-corrected chi connectivity index (χ1v) is 9.58. The van der Waals surface area contributed by atoms with E-state index in [1.807, 2.05) is 42.3 Å². The molecule has 154 valence electrons. The zero-order chi connectivity index (χ0) is 20.8. The average Bonchev–Trinajstić information content (AvgIpc) is 2.73. The van der Waals surface area contributed by atoms with Gasteiger partial charge in [-0.25, -0.2) is 0 Å². The van der Waals surface area contributed by atoms with Crippen molar-refractivity contribution < 1.29 is 19.1 Å². The molecule has 0 unspecified atom stereocenters. The van der Waals surface area contributed by atoms with Crippen molar-refractivity contribution in [1.82, 2.24) is 15.1 Å². The topological polar surface area (TPSA) is 71.1 Å². The second-order valence-corrected chi connectivity index (χ2v) is 7.18. The average molecular weight is 397 g/mol. The van der Waals surface area contributed by atoms with Crippen LogP contribution in [0.2, 0.25) is 0 Å². The van der Waals surface area contributed by atoms with Crippen molar-refractivity contribution >= 4 is 11.8 Å². The van der Waals surface area contributed by atoms with Gasteiger partial charge in [0.25, 0.3) is 5.91 Å². The van der Waals surface area contributed by atoms with Gasteiger partial charge in [0, 0.05) is 32.7 Å². The van der Waals surface area contributed by atoms with Crippen molar-refractivity contribution in [3.63, 3.8) is 0 Å². The second-order valence-electron chi connectivity index (χ2n) is 7.18. The first-order valence-electron chi connectivity index (χ1n) is 9.58.